The van der Waals surface area contributed by atoms with Gasteiger partial charge in [0.05, 0.1) is 17.7 Å². The third-order valence-electron chi connectivity index (χ3n) is 4.70. The molecule has 3 rings (SSSR count). The van der Waals surface area contributed by atoms with E-state index in [0.717, 1.165) is 5.56 Å². The number of esters is 1. The molecule has 0 aromatic heterocycles. The topological polar surface area (TPSA) is 81.7 Å². The number of halogens is 1. The number of benzene rings is 2. The minimum absolute atomic E-state index is 0.0257. The van der Waals surface area contributed by atoms with E-state index in [9.17, 15) is 14.4 Å². The maximum absolute atomic E-state index is 12.5. The number of cyclic esters (lactones) is 1. The summed E-state index contributed by atoms with van der Waals surface area (Å²) in [5, 5.41) is 3.03. The van der Waals surface area contributed by atoms with Gasteiger partial charge in [0, 0.05) is 28.7 Å². The van der Waals surface area contributed by atoms with Crippen molar-refractivity contribution in [3.63, 3.8) is 0 Å². The molecule has 7 heteroatoms. The molecule has 0 aliphatic carbocycles. The van der Waals surface area contributed by atoms with Crippen LogP contribution in [-0.2, 0) is 26.3 Å². The van der Waals surface area contributed by atoms with Gasteiger partial charge in [0.25, 0.3) is 5.91 Å². The molecule has 2 aromatic carbocycles. The summed E-state index contributed by atoms with van der Waals surface area (Å²) in [6.07, 6.45) is -0.0257. The van der Waals surface area contributed by atoms with Crippen molar-refractivity contribution in [3.05, 3.63) is 58.1 Å². The molecule has 0 fully saturated rings. The Morgan fingerprint density at radius 2 is 2.00 bits per heavy atom. The van der Waals surface area contributed by atoms with Crippen molar-refractivity contribution < 1.29 is 23.9 Å². The maximum Gasteiger partial charge on any atom is 0.338 e. The summed E-state index contributed by atoms with van der Waals surface area (Å²) in [5.74, 6) is -1.19. The summed E-state index contributed by atoms with van der Waals surface area (Å²) in [7, 11) is 1.51. The van der Waals surface area contributed by atoms with Crippen molar-refractivity contribution in [2.45, 2.75) is 32.3 Å². The lowest BCUT2D eigenvalue weighted by Gasteiger charge is -2.26. The highest BCUT2D eigenvalue weighted by Gasteiger charge is 2.31. The van der Waals surface area contributed by atoms with Crippen LogP contribution >= 0.6 is 11.6 Å². The number of fused-ring (bicyclic) bond motifs is 1. The molecule has 1 N–H and O–H groups in total. The highest BCUT2D eigenvalue weighted by atomic mass is 35.5. The third kappa shape index (κ3) is 3.87. The van der Waals surface area contributed by atoms with Crippen LogP contribution in [0.1, 0.15) is 41.8 Å². The minimum Gasteiger partial charge on any atom is -0.495 e. The molecule has 0 spiro atoms. The number of amides is 1. The van der Waals surface area contributed by atoms with Gasteiger partial charge in [-0.25, -0.2) is 4.79 Å². The largest absolute Gasteiger partial charge is 0.495 e. The van der Waals surface area contributed by atoms with E-state index in [4.69, 9.17) is 21.1 Å². The average Bonchev–Trinajstić information content (AvgIpc) is 3.01. The van der Waals surface area contributed by atoms with Crippen LogP contribution < -0.4 is 10.1 Å². The molecule has 2 aromatic rings. The predicted octanol–water partition coefficient (Wildman–Crippen LogP) is 3.89. The van der Waals surface area contributed by atoms with Gasteiger partial charge in [-0.1, -0.05) is 37.6 Å². The molecule has 0 saturated heterocycles. The van der Waals surface area contributed by atoms with E-state index in [1.54, 1.807) is 30.3 Å². The Labute approximate surface area is 167 Å². The van der Waals surface area contributed by atoms with Gasteiger partial charge in [-0.05, 0) is 24.3 Å². The third-order valence-corrected chi connectivity index (χ3v) is 5.00. The Balaban J connectivity index is 1.73. The fourth-order valence-electron chi connectivity index (χ4n) is 3.24. The monoisotopic (exact) mass is 401 g/mol. The Morgan fingerprint density at radius 3 is 2.71 bits per heavy atom. The van der Waals surface area contributed by atoms with E-state index < -0.39 is 17.1 Å². The predicted molar refractivity (Wildman–Crippen MR) is 105 cm³/mol. The quantitative estimate of drug-likeness (QED) is 0.586. The Hall–Kier alpha value is -2.86. The number of rotatable bonds is 6. The van der Waals surface area contributed by atoms with E-state index in [0.29, 0.717) is 27.6 Å². The van der Waals surface area contributed by atoms with Gasteiger partial charge in [0.2, 0.25) is 5.78 Å². The van der Waals surface area contributed by atoms with Gasteiger partial charge in [0.1, 0.15) is 12.4 Å². The number of Topliss-reactive ketones (excluding diaryl/α,β-unsaturated/α-hetero) is 1. The summed E-state index contributed by atoms with van der Waals surface area (Å²) in [5.41, 5.74) is 1.67. The molecule has 0 saturated carbocycles. The Kier molecular flexibility index (Phi) is 5.42. The minimum atomic E-state index is -0.723. The lowest BCUT2D eigenvalue weighted by Crippen LogP contribution is -2.30. The fourth-order valence-corrected chi connectivity index (χ4v) is 3.49. The Bertz CT molecular complexity index is 967. The highest BCUT2D eigenvalue weighted by molar-refractivity contribution is 6.40. The van der Waals surface area contributed by atoms with Crippen molar-refractivity contribution in [2.24, 2.45) is 0 Å². The van der Waals surface area contributed by atoms with E-state index in [2.05, 4.69) is 5.32 Å². The van der Waals surface area contributed by atoms with Crippen LogP contribution in [0.25, 0.3) is 0 Å². The highest BCUT2D eigenvalue weighted by Crippen LogP contribution is 2.38. The van der Waals surface area contributed by atoms with Crippen molar-refractivity contribution >= 4 is 34.9 Å². The standard InChI is InChI=1S/C21H20ClNO5/c1-21(2,15-5-4-6-16(22)18(15)27-3)10-17(24)19(25)23-13-7-8-14-12(9-13)11-28-20(14)26/h4-9H,10-11H2,1-3H3,(H,23,25). The normalized spacial score (nSPS) is 12.9. The van der Waals surface area contributed by atoms with Crippen molar-refractivity contribution in [1.82, 2.24) is 0 Å². The number of ether oxygens (including phenoxy) is 2. The van der Waals surface area contributed by atoms with Crippen LogP contribution in [0, 0.1) is 0 Å². The number of carbonyl (C=O) groups excluding carboxylic acids is 3. The Morgan fingerprint density at radius 1 is 1.25 bits per heavy atom. The van der Waals surface area contributed by atoms with Gasteiger partial charge in [-0.3, -0.25) is 9.59 Å². The molecule has 1 amide bonds. The van der Waals surface area contributed by atoms with E-state index in [-0.39, 0.29) is 19.0 Å². The summed E-state index contributed by atoms with van der Waals surface area (Å²) in [6, 6.07) is 10.1. The lowest BCUT2D eigenvalue weighted by atomic mass is 9.79. The summed E-state index contributed by atoms with van der Waals surface area (Å²) in [4.78, 5) is 36.4. The smallest absolute Gasteiger partial charge is 0.338 e. The number of para-hydroxylation sites is 1. The zero-order chi connectivity index (χ0) is 20.5. The van der Waals surface area contributed by atoms with Crippen molar-refractivity contribution in [1.29, 1.82) is 0 Å². The molecule has 0 atom stereocenters. The molecule has 6 nitrogen and oxygen atoms in total. The van der Waals surface area contributed by atoms with Crippen LogP contribution in [0.3, 0.4) is 0 Å². The molecule has 0 radical (unpaired) electrons. The second-order valence-corrected chi connectivity index (χ2v) is 7.61. The molecule has 28 heavy (non-hydrogen) atoms. The number of hydrogen-bond acceptors (Lipinski definition) is 5. The van der Waals surface area contributed by atoms with Crippen LogP contribution in [0.2, 0.25) is 5.02 Å². The van der Waals surface area contributed by atoms with Crippen LogP contribution in [0.15, 0.2) is 36.4 Å². The van der Waals surface area contributed by atoms with Crippen LogP contribution in [0.5, 0.6) is 5.75 Å². The van der Waals surface area contributed by atoms with Crippen molar-refractivity contribution in [2.75, 3.05) is 12.4 Å². The zero-order valence-electron chi connectivity index (χ0n) is 15.8. The van der Waals surface area contributed by atoms with Gasteiger partial charge in [-0.2, -0.15) is 0 Å². The van der Waals surface area contributed by atoms with E-state index >= 15 is 0 Å². The number of nitrogens with one attached hydrogen (secondary N) is 1. The average molecular weight is 402 g/mol. The van der Waals surface area contributed by atoms with Gasteiger partial charge in [0.15, 0.2) is 0 Å². The number of anilines is 1. The van der Waals surface area contributed by atoms with Crippen molar-refractivity contribution in [3.8, 4) is 5.75 Å². The number of hydrogen-bond donors (Lipinski definition) is 1. The molecule has 1 aliphatic rings. The summed E-state index contributed by atoms with van der Waals surface area (Å²) < 4.78 is 10.3. The summed E-state index contributed by atoms with van der Waals surface area (Å²) in [6.45, 7) is 3.86. The van der Waals surface area contributed by atoms with Gasteiger partial charge >= 0.3 is 5.97 Å². The van der Waals surface area contributed by atoms with E-state index in [1.807, 2.05) is 19.9 Å². The molecule has 1 heterocycles. The van der Waals surface area contributed by atoms with Gasteiger partial charge < -0.3 is 14.8 Å². The van der Waals surface area contributed by atoms with Crippen LogP contribution in [0.4, 0.5) is 5.69 Å². The number of carbonyl (C=O) groups is 3. The number of ketones is 1. The second kappa shape index (κ2) is 7.64. The first-order chi connectivity index (χ1) is 13.2. The first-order valence-corrected chi connectivity index (χ1v) is 9.08. The molecular weight excluding hydrogens is 382 g/mol. The lowest BCUT2D eigenvalue weighted by molar-refractivity contribution is -0.135. The maximum atomic E-state index is 12.5. The first kappa shape index (κ1) is 19.9. The fraction of sp³-hybridized carbons (Fsp3) is 0.286. The molecule has 0 bridgehead atoms. The molecule has 0 unspecified atom stereocenters. The SMILES string of the molecule is COc1c(Cl)cccc1C(C)(C)CC(=O)C(=O)Nc1ccc2c(c1)COC2=O. The zero-order valence-corrected chi connectivity index (χ0v) is 16.6. The second-order valence-electron chi connectivity index (χ2n) is 7.21. The van der Waals surface area contributed by atoms with Gasteiger partial charge in [-0.15, -0.1) is 0 Å². The molecule has 1 aliphatic heterocycles. The molecule has 146 valence electrons. The summed E-state index contributed by atoms with van der Waals surface area (Å²) >= 11 is 6.18. The first-order valence-electron chi connectivity index (χ1n) is 8.70. The van der Waals surface area contributed by atoms with Crippen LogP contribution in [-0.4, -0.2) is 24.8 Å². The number of methoxy groups -OCH3 is 1. The molecular formula is C21H20ClNO5. The van der Waals surface area contributed by atoms with E-state index in [1.165, 1.54) is 7.11 Å².